The molecule has 0 spiro atoms. The van der Waals surface area contributed by atoms with Gasteiger partial charge in [0.25, 0.3) is 0 Å². The van der Waals surface area contributed by atoms with Gasteiger partial charge in [-0.15, -0.1) is 0 Å². The maximum absolute atomic E-state index is 11.4. The molecule has 14 heavy (non-hydrogen) atoms. The van der Waals surface area contributed by atoms with Crippen molar-refractivity contribution in [1.29, 1.82) is 0 Å². The predicted molar refractivity (Wildman–Crippen MR) is 55.8 cm³/mol. The van der Waals surface area contributed by atoms with Gasteiger partial charge in [-0.25, -0.2) is 0 Å². The van der Waals surface area contributed by atoms with Crippen LogP contribution >= 0.6 is 0 Å². The Kier molecular flexibility index (Phi) is 5.20. The van der Waals surface area contributed by atoms with Crippen molar-refractivity contribution in [2.24, 2.45) is 0 Å². The van der Waals surface area contributed by atoms with Crippen molar-refractivity contribution in [3.8, 4) is 0 Å². The molecule has 0 saturated heterocycles. The van der Waals surface area contributed by atoms with Crippen LogP contribution in [0.25, 0.3) is 0 Å². The van der Waals surface area contributed by atoms with E-state index in [0.29, 0.717) is 0 Å². The van der Waals surface area contributed by atoms with Crippen molar-refractivity contribution in [2.45, 2.75) is 46.7 Å². The number of carbonyl (C=O) groups is 2. The van der Waals surface area contributed by atoms with Crippen LogP contribution < -0.4 is 5.32 Å². The minimum atomic E-state index is -0.107. The Morgan fingerprint density at radius 2 is 1.71 bits per heavy atom. The van der Waals surface area contributed by atoms with E-state index in [1.807, 2.05) is 27.7 Å². The van der Waals surface area contributed by atoms with Crippen LogP contribution in [-0.4, -0.2) is 35.3 Å². The number of amides is 2. The molecule has 0 aromatic heterocycles. The Bertz CT molecular complexity index is 212. The van der Waals surface area contributed by atoms with Crippen molar-refractivity contribution in [3.63, 3.8) is 0 Å². The monoisotopic (exact) mass is 200 g/mol. The molecule has 82 valence electrons. The van der Waals surface area contributed by atoms with E-state index in [0.717, 1.165) is 0 Å². The van der Waals surface area contributed by atoms with Gasteiger partial charge in [0, 0.05) is 19.0 Å². The highest BCUT2D eigenvalue weighted by Crippen LogP contribution is 1.98. The van der Waals surface area contributed by atoms with Crippen LogP contribution in [0, 0.1) is 0 Å². The SMILES string of the molecule is CC(=O)N(CC(=O)NC(C)C)C(C)C. The van der Waals surface area contributed by atoms with E-state index >= 15 is 0 Å². The summed E-state index contributed by atoms with van der Waals surface area (Å²) in [5.74, 6) is -0.178. The largest absolute Gasteiger partial charge is 0.352 e. The summed E-state index contributed by atoms with van der Waals surface area (Å²) >= 11 is 0. The summed E-state index contributed by atoms with van der Waals surface area (Å²) in [6, 6.07) is 0.175. The second-order valence-electron chi connectivity index (χ2n) is 3.96. The molecule has 0 aliphatic rings. The van der Waals surface area contributed by atoms with Gasteiger partial charge in [0.2, 0.25) is 11.8 Å². The molecular weight excluding hydrogens is 180 g/mol. The molecule has 0 fully saturated rings. The zero-order chi connectivity index (χ0) is 11.3. The zero-order valence-electron chi connectivity index (χ0n) is 9.63. The summed E-state index contributed by atoms with van der Waals surface area (Å²) in [4.78, 5) is 24.1. The molecule has 2 amide bonds. The molecule has 0 aromatic rings. The molecule has 0 saturated carbocycles. The van der Waals surface area contributed by atoms with Crippen molar-refractivity contribution in [2.75, 3.05) is 6.54 Å². The van der Waals surface area contributed by atoms with Gasteiger partial charge in [0.15, 0.2) is 0 Å². The van der Waals surface area contributed by atoms with Gasteiger partial charge in [-0.3, -0.25) is 9.59 Å². The first-order valence-electron chi connectivity index (χ1n) is 4.91. The first kappa shape index (κ1) is 12.9. The molecule has 4 heteroatoms. The molecule has 0 aromatic carbocycles. The average molecular weight is 200 g/mol. The van der Waals surface area contributed by atoms with Crippen molar-refractivity contribution in [1.82, 2.24) is 10.2 Å². The number of nitrogens with one attached hydrogen (secondary N) is 1. The van der Waals surface area contributed by atoms with Gasteiger partial charge >= 0.3 is 0 Å². The number of rotatable bonds is 4. The summed E-state index contributed by atoms with van der Waals surface area (Å²) in [6.07, 6.45) is 0. The highest BCUT2D eigenvalue weighted by atomic mass is 16.2. The molecule has 1 N–H and O–H groups in total. The van der Waals surface area contributed by atoms with Gasteiger partial charge in [0.1, 0.15) is 0 Å². The highest BCUT2D eigenvalue weighted by Gasteiger charge is 2.16. The van der Waals surface area contributed by atoms with E-state index in [2.05, 4.69) is 5.32 Å². The summed E-state index contributed by atoms with van der Waals surface area (Å²) in [7, 11) is 0. The molecule has 0 heterocycles. The van der Waals surface area contributed by atoms with Crippen molar-refractivity contribution >= 4 is 11.8 Å². The molecule has 0 aliphatic carbocycles. The highest BCUT2D eigenvalue weighted by molar-refractivity contribution is 5.84. The maximum atomic E-state index is 11.4. The molecule has 0 unspecified atom stereocenters. The second-order valence-corrected chi connectivity index (χ2v) is 3.96. The lowest BCUT2D eigenvalue weighted by atomic mass is 10.3. The third-order valence-electron chi connectivity index (χ3n) is 1.79. The van der Waals surface area contributed by atoms with Crippen LogP contribution in [0.5, 0.6) is 0 Å². The van der Waals surface area contributed by atoms with Crippen LogP contribution in [0.4, 0.5) is 0 Å². The molecule has 0 atom stereocenters. The van der Waals surface area contributed by atoms with Crippen LogP contribution in [-0.2, 0) is 9.59 Å². The molecule has 0 radical (unpaired) electrons. The lowest BCUT2D eigenvalue weighted by Crippen LogP contribution is -2.44. The quantitative estimate of drug-likeness (QED) is 0.728. The molecule has 0 bridgehead atoms. The Hall–Kier alpha value is -1.06. The lowest BCUT2D eigenvalue weighted by molar-refractivity contribution is -0.136. The standard InChI is InChI=1S/C10H20N2O2/c1-7(2)11-10(14)6-12(8(3)4)9(5)13/h7-8H,6H2,1-5H3,(H,11,14). The summed E-state index contributed by atoms with van der Waals surface area (Å²) in [5, 5.41) is 2.75. The van der Waals surface area contributed by atoms with E-state index < -0.39 is 0 Å². The third kappa shape index (κ3) is 4.84. The average Bonchev–Trinajstić information content (AvgIpc) is 1.97. The van der Waals surface area contributed by atoms with E-state index in [4.69, 9.17) is 0 Å². The fraction of sp³-hybridized carbons (Fsp3) is 0.800. The van der Waals surface area contributed by atoms with Crippen LogP contribution in [0.1, 0.15) is 34.6 Å². The molecule has 0 rings (SSSR count). The maximum Gasteiger partial charge on any atom is 0.239 e. The Balaban J connectivity index is 4.17. The minimum Gasteiger partial charge on any atom is -0.352 e. The molecule has 4 nitrogen and oxygen atoms in total. The topological polar surface area (TPSA) is 49.4 Å². The first-order chi connectivity index (χ1) is 6.34. The first-order valence-corrected chi connectivity index (χ1v) is 4.91. The Morgan fingerprint density at radius 3 is 2.00 bits per heavy atom. The second kappa shape index (κ2) is 5.62. The van der Waals surface area contributed by atoms with Gasteiger partial charge in [-0.2, -0.15) is 0 Å². The van der Waals surface area contributed by atoms with Gasteiger partial charge in [-0.1, -0.05) is 0 Å². The number of nitrogens with zero attached hydrogens (tertiary/aromatic N) is 1. The predicted octanol–water partition coefficient (Wildman–Crippen LogP) is 0.768. The molecular formula is C10H20N2O2. The lowest BCUT2D eigenvalue weighted by Gasteiger charge is -2.25. The van der Waals surface area contributed by atoms with Crippen LogP contribution in [0.3, 0.4) is 0 Å². The number of carbonyl (C=O) groups excluding carboxylic acids is 2. The van der Waals surface area contributed by atoms with E-state index in [-0.39, 0.29) is 30.4 Å². The van der Waals surface area contributed by atoms with E-state index in [1.165, 1.54) is 11.8 Å². The van der Waals surface area contributed by atoms with Gasteiger partial charge in [0.05, 0.1) is 6.54 Å². The third-order valence-corrected chi connectivity index (χ3v) is 1.79. The minimum absolute atomic E-state index is 0.0606. The van der Waals surface area contributed by atoms with Crippen molar-refractivity contribution in [3.05, 3.63) is 0 Å². The molecule has 0 aliphatic heterocycles. The normalized spacial score (nSPS) is 10.5. The fourth-order valence-electron chi connectivity index (χ4n) is 1.18. The van der Waals surface area contributed by atoms with Crippen LogP contribution in [0.2, 0.25) is 0 Å². The summed E-state index contributed by atoms with van der Waals surface area (Å²) in [5.41, 5.74) is 0. The summed E-state index contributed by atoms with van der Waals surface area (Å²) < 4.78 is 0. The Morgan fingerprint density at radius 1 is 1.21 bits per heavy atom. The zero-order valence-corrected chi connectivity index (χ0v) is 9.63. The number of hydrogen-bond acceptors (Lipinski definition) is 2. The Labute approximate surface area is 85.7 Å². The fourth-order valence-corrected chi connectivity index (χ4v) is 1.18. The van der Waals surface area contributed by atoms with E-state index in [1.54, 1.807) is 0 Å². The summed E-state index contributed by atoms with van der Waals surface area (Å²) in [6.45, 7) is 9.19. The smallest absolute Gasteiger partial charge is 0.239 e. The number of hydrogen-bond donors (Lipinski definition) is 1. The van der Waals surface area contributed by atoms with Gasteiger partial charge in [-0.05, 0) is 27.7 Å². The van der Waals surface area contributed by atoms with Crippen molar-refractivity contribution < 1.29 is 9.59 Å². The van der Waals surface area contributed by atoms with E-state index in [9.17, 15) is 9.59 Å². The van der Waals surface area contributed by atoms with Gasteiger partial charge < -0.3 is 10.2 Å². The van der Waals surface area contributed by atoms with Crippen LogP contribution in [0.15, 0.2) is 0 Å².